The average molecular weight is 392 g/mol. The Kier molecular flexibility index (Phi) is 7.52. The van der Waals surface area contributed by atoms with E-state index in [4.69, 9.17) is 9.53 Å². The van der Waals surface area contributed by atoms with Gasteiger partial charge in [-0.2, -0.15) is 0 Å². The monoisotopic (exact) mass is 391 g/mol. The van der Waals surface area contributed by atoms with Crippen LogP contribution in [0, 0.1) is 5.92 Å². The van der Waals surface area contributed by atoms with Gasteiger partial charge in [0.15, 0.2) is 8.32 Å². The van der Waals surface area contributed by atoms with E-state index in [0.29, 0.717) is 18.3 Å². The molecule has 4 nitrogen and oxygen atoms in total. The molecule has 1 fully saturated rings. The van der Waals surface area contributed by atoms with Gasteiger partial charge in [0.2, 0.25) is 0 Å². The van der Waals surface area contributed by atoms with E-state index in [9.17, 15) is 4.79 Å². The Morgan fingerprint density at radius 2 is 1.74 bits per heavy atom. The molecule has 2 rings (SSSR count). The van der Waals surface area contributed by atoms with E-state index in [1.165, 1.54) is 5.56 Å². The molecule has 0 bridgehead atoms. The van der Waals surface area contributed by atoms with E-state index in [-0.39, 0.29) is 5.04 Å². The van der Waals surface area contributed by atoms with Crippen molar-refractivity contribution in [1.29, 1.82) is 0 Å². The molecule has 0 unspecified atom stereocenters. The number of carbonyl (C=O) groups is 1. The fourth-order valence-electron chi connectivity index (χ4n) is 3.54. The first-order valence-electron chi connectivity index (χ1n) is 10.3. The highest BCUT2D eigenvalue weighted by molar-refractivity contribution is 6.74. The molecule has 0 spiro atoms. The second kappa shape index (κ2) is 9.24. The van der Waals surface area contributed by atoms with Crippen molar-refractivity contribution in [2.24, 2.45) is 5.92 Å². The summed E-state index contributed by atoms with van der Waals surface area (Å²) >= 11 is 0. The van der Waals surface area contributed by atoms with Gasteiger partial charge >= 0.3 is 5.97 Å². The largest absolute Gasteiger partial charge is 0.481 e. The quantitative estimate of drug-likeness (QED) is 0.430. The minimum atomic E-state index is -1.67. The van der Waals surface area contributed by atoms with E-state index in [1.807, 2.05) is 0 Å². The van der Waals surface area contributed by atoms with Gasteiger partial charge in [0.05, 0.1) is 6.61 Å². The highest BCUT2D eigenvalue weighted by atomic mass is 28.4. The molecule has 1 aliphatic carbocycles. The zero-order valence-corrected chi connectivity index (χ0v) is 18.7. The summed E-state index contributed by atoms with van der Waals surface area (Å²) < 4.78 is 6.21. The van der Waals surface area contributed by atoms with Gasteiger partial charge in [-0.15, -0.1) is 0 Å². The van der Waals surface area contributed by atoms with Gasteiger partial charge in [-0.25, -0.2) is 0 Å². The van der Waals surface area contributed by atoms with Crippen molar-refractivity contribution in [2.45, 2.75) is 76.9 Å². The number of nitrogens with one attached hydrogen (secondary N) is 1. The first kappa shape index (κ1) is 22.0. The molecule has 1 aromatic rings. The summed E-state index contributed by atoms with van der Waals surface area (Å²) in [7, 11) is -1.67. The van der Waals surface area contributed by atoms with E-state index >= 15 is 0 Å². The molecule has 2 N–H and O–H groups in total. The van der Waals surface area contributed by atoms with E-state index < -0.39 is 14.3 Å². The zero-order valence-electron chi connectivity index (χ0n) is 17.7. The third-order valence-electron chi connectivity index (χ3n) is 6.39. The summed E-state index contributed by atoms with van der Waals surface area (Å²) in [6.07, 6.45) is 4.59. The molecule has 0 atom stereocenters. The average Bonchev–Trinajstić information content (AvgIpc) is 2.58. The lowest BCUT2D eigenvalue weighted by molar-refractivity contribution is -0.138. The number of hydrogen-bond acceptors (Lipinski definition) is 3. The van der Waals surface area contributed by atoms with Crippen molar-refractivity contribution in [3.8, 4) is 0 Å². The topological polar surface area (TPSA) is 58.6 Å². The maximum Gasteiger partial charge on any atom is 0.303 e. The number of hydrogen-bond donors (Lipinski definition) is 2. The maximum atomic E-state index is 10.9. The molecule has 5 heteroatoms. The van der Waals surface area contributed by atoms with Crippen molar-refractivity contribution >= 4 is 20.0 Å². The molecule has 1 aliphatic rings. The zero-order chi connectivity index (χ0) is 20.1. The Hall–Kier alpha value is -1.33. The van der Waals surface area contributed by atoms with Crippen molar-refractivity contribution in [1.82, 2.24) is 0 Å². The highest BCUT2D eigenvalue weighted by Crippen LogP contribution is 2.38. The van der Waals surface area contributed by atoms with E-state index in [1.54, 1.807) is 0 Å². The Morgan fingerprint density at radius 1 is 1.15 bits per heavy atom. The number of carboxylic acid groups (broad SMARTS) is 1. The second-order valence-corrected chi connectivity index (χ2v) is 14.3. The number of rotatable bonds is 8. The molecule has 152 valence electrons. The van der Waals surface area contributed by atoms with Crippen LogP contribution in [-0.2, 0) is 9.22 Å². The number of aliphatic carboxylic acids is 1. The Labute approximate surface area is 165 Å². The number of carboxylic acids is 1. The number of anilines is 1. The molecule has 0 radical (unpaired) electrons. The van der Waals surface area contributed by atoms with Crippen molar-refractivity contribution < 1.29 is 14.3 Å². The summed E-state index contributed by atoms with van der Waals surface area (Å²) in [5.41, 5.74) is 2.52. The number of benzene rings is 1. The Balaban J connectivity index is 1.75. The second-order valence-electron chi connectivity index (χ2n) is 9.47. The normalized spacial score (nSPS) is 21.1. The van der Waals surface area contributed by atoms with Crippen LogP contribution in [0.4, 0.5) is 5.69 Å². The maximum absolute atomic E-state index is 10.9. The summed E-state index contributed by atoms with van der Waals surface area (Å²) in [5.74, 6) is 0.276. The summed E-state index contributed by atoms with van der Waals surface area (Å²) in [6.45, 7) is 12.9. The SMILES string of the molecule is CC(C)(C)[Si](C)(C)OCCNc1ccc([C@H]2CC[C@H](CC(=O)O)CC2)cc1. The van der Waals surface area contributed by atoms with Crippen LogP contribution in [0.2, 0.25) is 18.1 Å². The van der Waals surface area contributed by atoms with Crippen LogP contribution in [0.5, 0.6) is 0 Å². The molecule has 27 heavy (non-hydrogen) atoms. The lowest BCUT2D eigenvalue weighted by Crippen LogP contribution is -2.41. The minimum Gasteiger partial charge on any atom is -0.481 e. The molecule has 0 aliphatic heterocycles. The van der Waals surface area contributed by atoms with Gasteiger partial charge in [-0.3, -0.25) is 4.79 Å². The molecule has 1 saturated carbocycles. The van der Waals surface area contributed by atoms with Crippen LogP contribution in [0.15, 0.2) is 24.3 Å². The molecule has 1 aromatic carbocycles. The van der Waals surface area contributed by atoms with E-state index in [0.717, 1.165) is 44.5 Å². The highest BCUT2D eigenvalue weighted by Gasteiger charge is 2.36. The van der Waals surface area contributed by atoms with Crippen molar-refractivity contribution in [2.75, 3.05) is 18.5 Å². The van der Waals surface area contributed by atoms with Gasteiger partial charge in [0, 0.05) is 18.7 Å². The van der Waals surface area contributed by atoms with Crippen molar-refractivity contribution in [3.63, 3.8) is 0 Å². The van der Waals surface area contributed by atoms with Gasteiger partial charge in [0.25, 0.3) is 0 Å². The third kappa shape index (κ3) is 6.65. The first-order chi connectivity index (χ1) is 12.6. The van der Waals surface area contributed by atoms with Gasteiger partial charge in [0.1, 0.15) is 0 Å². The van der Waals surface area contributed by atoms with Crippen LogP contribution in [0.25, 0.3) is 0 Å². The smallest absolute Gasteiger partial charge is 0.303 e. The summed E-state index contributed by atoms with van der Waals surface area (Å²) in [4.78, 5) is 10.9. The van der Waals surface area contributed by atoms with Gasteiger partial charge in [-0.1, -0.05) is 32.9 Å². The predicted molar refractivity (Wildman–Crippen MR) is 115 cm³/mol. The van der Waals surface area contributed by atoms with Crippen LogP contribution in [0.3, 0.4) is 0 Å². The van der Waals surface area contributed by atoms with Gasteiger partial charge in [-0.05, 0) is 73.3 Å². The van der Waals surface area contributed by atoms with Gasteiger partial charge < -0.3 is 14.8 Å². The standard InChI is InChI=1S/C22H37NO3Si/c1-22(2,3)27(4,5)26-15-14-23-20-12-10-19(11-13-20)18-8-6-17(7-9-18)16-21(24)25/h10-13,17-18,23H,6-9,14-16H2,1-5H3,(H,24,25)/t17-,18-. The van der Waals surface area contributed by atoms with Crippen molar-refractivity contribution in [3.05, 3.63) is 29.8 Å². The minimum absolute atomic E-state index is 0.248. The fourth-order valence-corrected chi connectivity index (χ4v) is 4.58. The van der Waals surface area contributed by atoms with Crippen LogP contribution >= 0.6 is 0 Å². The lowest BCUT2D eigenvalue weighted by atomic mass is 9.77. The van der Waals surface area contributed by atoms with Crippen LogP contribution in [0.1, 0.15) is 64.4 Å². The van der Waals surface area contributed by atoms with E-state index in [2.05, 4.69) is 63.4 Å². The Bertz CT molecular complexity index is 599. The summed E-state index contributed by atoms with van der Waals surface area (Å²) in [5, 5.41) is 12.6. The fraction of sp³-hybridized carbons (Fsp3) is 0.682. The summed E-state index contributed by atoms with van der Waals surface area (Å²) in [6, 6.07) is 8.76. The molecule has 0 aromatic heterocycles. The first-order valence-corrected chi connectivity index (χ1v) is 13.2. The van der Waals surface area contributed by atoms with Crippen LogP contribution in [-0.4, -0.2) is 32.5 Å². The molecule has 0 saturated heterocycles. The molecular formula is C22H37NO3Si. The predicted octanol–water partition coefficient (Wildman–Crippen LogP) is 5.87. The third-order valence-corrected chi connectivity index (χ3v) is 10.9. The molecular weight excluding hydrogens is 354 g/mol. The molecule has 0 amide bonds. The van der Waals surface area contributed by atoms with Crippen LogP contribution < -0.4 is 5.32 Å². The molecule has 0 heterocycles. The Morgan fingerprint density at radius 3 is 2.26 bits per heavy atom. The lowest BCUT2D eigenvalue weighted by Gasteiger charge is -2.36.